The largest absolute Gasteiger partial charge is 0.467 e. The van der Waals surface area contributed by atoms with Crippen molar-refractivity contribution in [2.45, 2.75) is 12.5 Å². The summed E-state index contributed by atoms with van der Waals surface area (Å²) in [6.07, 6.45) is 1.83. The van der Waals surface area contributed by atoms with Gasteiger partial charge in [0.15, 0.2) is 0 Å². The summed E-state index contributed by atoms with van der Waals surface area (Å²) < 4.78 is 10.7. The van der Waals surface area contributed by atoms with Crippen molar-refractivity contribution in [3.05, 3.63) is 70.5 Å². The van der Waals surface area contributed by atoms with Crippen molar-refractivity contribution < 1.29 is 13.6 Å². The van der Waals surface area contributed by atoms with Gasteiger partial charge in [-0.15, -0.1) is 0 Å². The number of urea groups is 1. The fourth-order valence-corrected chi connectivity index (χ4v) is 2.69. The number of furan rings is 1. The van der Waals surface area contributed by atoms with Gasteiger partial charge in [0.25, 0.3) is 0 Å². The van der Waals surface area contributed by atoms with Crippen molar-refractivity contribution in [3.8, 4) is 0 Å². The Labute approximate surface area is 136 Å². The molecule has 0 radical (unpaired) electrons. The van der Waals surface area contributed by atoms with Crippen LogP contribution in [0.15, 0.2) is 67.5 Å². The van der Waals surface area contributed by atoms with Crippen LogP contribution >= 0.6 is 0 Å². The highest BCUT2D eigenvalue weighted by molar-refractivity contribution is 6.03. The summed E-state index contributed by atoms with van der Waals surface area (Å²) in [4.78, 5) is 24.1. The number of hydrazone groups is 1. The monoisotopic (exact) mass is 323 g/mol. The van der Waals surface area contributed by atoms with E-state index in [0.29, 0.717) is 29.0 Å². The van der Waals surface area contributed by atoms with Gasteiger partial charge in [0.1, 0.15) is 11.3 Å². The van der Waals surface area contributed by atoms with Crippen molar-refractivity contribution in [1.29, 1.82) is 0 Å². The highest BCUT2D eigenvalue weighted by Gasteiger charge is 2.25. The Balaban J connectivity index is 1.78. The summed E-state index contributed by atoms with van der Waals surface area (Å²) in [5, 5.41) is 7.59. The lowest BCUT2D eigenvalue weighted by molar-refractivity contribution is 0.237. The van der Waals surface area contributed by atoms with E-state index in [4.69, 9.17) is 8.83 Å². The highest BCUT2D eigenvalue weighted by atomic mass is 16.4. The molecule has 1 aromatic carbocycles. The molecule has 24 heavy (non-hydrogen) atoms. The second-order valence-electron chi connectivity index (χ2n) is 5.40. The van der Waals surface area contributed by atoms with E-state index >= 15 is 0 Å². The molecule has 0 spiro atoms. The van der Waals surface area contributed by atoms with Crippen LogP contribution in [0.4, 0.5) is 4.79 Å². The number of hydrogen-bond donors (Lipinski definition) is 2. The molecule has 0 unspecified atom stereocenters. The van der Waals surface area contributed by atoms with E-state index in [0.717, 1.165) is 5.39 Å². The number of para-hydroxylation sites is 1. The van der Waals surface area contributed by atoms with Crippen molar-refractivity contribution in [1.82, 2.24) is 10.7 Å². The minimum atomic E-state index is -0.498. The minimum Gasteiger partial charge on any atom is -0.467 e. The summed E-state index contributed by atoms with van der Waals surface area (Å²) in [6, 6.07) is 11.6. The molecule has 0 bridgehead atoms. The van der Waals surface area contributed by atoms with Gasteiger partial charge >= 0.3 is 11.7 Å². The fraction of sp³-hybridized carbons (Fsp3) is 0.118. The molecule has 4 rings (SSSR count). The van der Waals surface area contributed by atoms with E-state index in [9.17, 15) is 9.59 Å². The molecular weight excluding hydrogens is 310 g/mol. The smallest absolute Gasteiger partial charge is 0.345 e. The van der Waals surface area contributed by atoms with Gasteiger partial charge in [0.05, 0.1) is 23.6 Å². The number of carbonyl (C=O) groups excluding carboxylic acids is 1. The molecule has 7 heteroatoms. The third-order valence-electron chi connectivity index (χ3n) is 3.83. The van der Waals surface area contributed by atoms with E-state index in [2.05, 4.69) is 15.8 Å². The molecule has 7 nitrogen and oxygen atoms in total. The van der Waals surface area contributed by atoms with Gasteiger partial charge in [-0.05, 0) is 24.3 Å². The number of benzene rings is 1. The molecule has 0 saturated heterocycles. The molecule has 3 heterocycles. The normalized spacial score (nSPS) is 17.8. The molecule has 120 valence electrons. The van der Waals surface area contributed by atoms with Gasteiger partial charge in [-0.3, -0.25) is 0 Å². The van der Waals surface area contributed by atoms with E-state index in [1.807, 2.05) is 12.1 Å². The number of carbonyl (C=O) groups is 1. The first-order chi connectivity index (χ1) is 11.7. The topological polar surface area (TPSA) is 96.8 Å². The zero-order valence-electron chi connectivity index (χ0n) is 12.5. The van der Waals surface area contributed by atoms with E-state index in [1.54, 1.807) is 30.3 Å². The first-order valence-corrected chi connectivity index (χ1v) is 7.40. The Bertz CT molecular complexity index is 988. The van der Waals surface area contributed by atoms with Crippen LogP contribution in [0.25, 0.3) is 11.0 Å². The lowest BCUT2D eigenvalue weighted by Gasteiger charge is -2.13. The van der Waals surface area contributed by atoms with Gasteiger partial charge in [-0.2, -0.15) is 5.10 Å². The molecule has 0 saturated carbocycles. The third kappa shape index (κ3) is 2.56. The number of hydrogen-bond acceptors (Lipinski definition) is 5. The lowest BCUT2D eigenvalue weighted by atomic mass is 10.0. The second kappa shape index (κ2) is 5.69. The van der Waals surface area contributed by atoms with E-state index in [1.165, 1.54) is 6.26 Å². The Morgan fingerprint density at radius 1 is 1.12 bits per heavy atom. The summed E-state index contributed by atoms with van der Waals surface area (Å²) in [5.41, 5.74) is 3.12. The highest BCUT2D eigenvalue weighted by Crippen LogP contribution is 2.22. The van der Waals surface area contributed by atoms with Crippen molar-refractivity contribution >= 4 is 22.7 Å². The quantitative estimate of drug-likeness (QED) is 0.708. The Hall–Kier alpha value is -3.35. The minimum absolute atomic E-state index is 0.301. The standard InChI is InChI=1S/C17H13N3O4/c21-16-11(8-10-4-1-2-5-14(10)24-16)12-9-13(15-6-3-7-23-15)18-17(22)20-19-12/h1-8,13H,9H2,(H2,18,20,22)/t13-/m0/s1. The van der Waals surface area contributed by atoms with Crippen LogP contribution < -0.4 is 16.4 Å². The Kier molecular flexibility index (Phi) is 3.38. The number of nitrogens with one attached hydrogen (secondary N) is 2. The van der Waals surface area contributed by atoms with Crippen LogP contribution in [-0.4, -0.2) is 11.7 Å². The summed E-state index contributed by atoms with van der Waals surface area (Å²) in [6.45, 7) is 0. The first-order valence-electron chi connectivity index (χ1n) is 7.40. The van der Waals surface area contributed by atoms with Crippen LogP contribution in [-0.2, 0) is 0 Å². The van der Waals surface area contributed by atoms with Crippen molar-refractivity contribution in [2.75, 3.05) is 0 Å². The maximum atomic E-state index is 12.3. The van der Waals surface area contributed by atoms with Crippen molar-refractivity contribution in [3.63, 3.8) is 0 Å². The van der Waals surface area contributed by atoms with E-state index in [-0.39, 0.29) is 0 Å². The Morgan fingerprint density at radius 3 is 2.83 bits per heavy atom. The van der Waals surface area contributed by atoms with Crippen LogP contribution in [0.3, 0.4) is 0 Å². The van der Waals surface area contributed by atoms with Crippen LogP contribution in [0.2, 0.25) is 0 Å². The lowest BCUT2D eigenvalue weighted by Crippen LogP contribution is -2.33. The molecule has 0 fully saturated rings. The molecule has 1 atom stereocenters. The van der Waals surface area contributed by atoms with Gasteiger partial charge in [-0.1, -0.05) is 18.2 Å². The summed E-state index contributed by atoms with van der Waals surface area (Å²) in [7, 11) is 0. The second-order valence-corrected chi connectivity index (χ2v) is 5.40. The van der Waals surface area contributed by atoms with E-state index < -0.39 is 17.7 Å². The average molecular weight is 323 g/mol. The molecule has 2 N–H and O–H groups in total. The number of nitrogens with zero attached hydrogens (tertiary/aromatic N) is 1. The maximum Gasteiger partial charge on any atom is 0.345 e. The first kappa shape index (κ1) is 14.3. The molecule has 3 aromatic rings. The van der Waals surface area contributed by atoms with Gasteiger partial charge in [0.2, 0.25) is 0 Å². The van der Waals surface area contributed by atoms with Crippen LogP contribution in [0.5, 0.6) is 0 Å². The number of fused-ring (bicyclic) bond motifs is 1. The maximum absolute atomic E-state index is 12.3. The zero-order valence-corrected chi connectivity index (χ0v) is 12.5. The van der Waals surface area contributed by atoms with Crippen LogP contribution in [0.1, 0.15) is 23.8 Å². The van der Waals surface area contributed by atoms with Gasteiger partial charge in [0, 0.05) is 11.8 Å². The predicted octanol–water partition coefficient (Wildman–Crippen LogP) is 2.53. The number of amides is 2. The predicted molar refractivity (Wildman–Crippen MR) is 86.8 cm³/mol. The average Bonchev–Trinajstić information content (AvgIpc) is 3.05. The third-order valence-corrected chi connectivity index (χ3v) is 3.83. The molecule has 2 amide bonds. The van der Waals surface area contributed by atoms with Gasteiger partial charge in [-0.25, -0.2) is 15.0 Å². The van der Waals surface area contributed by atoms with Gasteiger partial charge < -0.3 is 14.2 Å². The Morgan fingerprint density at radius 2 is 2.00 bits per heavy atom. The molecule has 2 aromatic heterocycles. The molecule has 0 aliphatic carbocycles. The molecule has 1 aliphatic rings. The summed E-state index contributed by atoms with van der Waals surface area (Å²) in [5.74, 6) is 0.588. The van der Waals surface area contributed by atoms with Crippen LogP contribution in [0, 0.1) is 0 Å². The fourth-order valence-electron chi connectivity index (χ4n) is 2.69. The SMILES string of the molecule is O=C1NN=C(c2cc3ccccc3oc2=O)C[C@@H](c2ccco2)N1. The molecule has 1 aliphatic heterocycles. The van der Waals surface area contributed by atoms with Crippen molar-refractivity contribution in [2.24, 2.45) is 5.10 Å². The molecular formula is C17H13N3O4. The zero-order chi connectivity index (χ0) is 16.5. The summed E-state index contributed by atoms with van der Waals surface area (Å²) >= 11 is 0. The number of rotatable bonds is 2.